The lowest BCUT2D eigenvalue weighted by Gasteiger charge is -2.15. The summed E-state index contributed by atoms with van der Waals surface area (Å²) in [5.74, 6) is 1.09. The van der Waals surface area contributed by atoms with E-state index in [4.69, 9.17) is 5.26 Å². The minimum atomic E-state index is 0.335. The van der Waals surface area contributed by atoms with Gasteiger partial charge in [0.15, 0.2) is 0 Å². The monoisotopic (exact) mass is 217 g/mol. The fourth-order valence-corrected chi connectivity index (χ4v) is 1.33. The second-order valence-corrected chi connectivity index (χ2v) is 4.35. The Kier molecular flexibility index (Phi) is 4.30. The molecule has 0 aromatic carbocycles. The van der Waals surface area contributed by atoms with Crippen molar-refractivity contribution in [3.63, 3.8) is 0 Å². The number of hydrogen-bond acceptors (Lipinski definition) is 3. The first-order valence-corrected chi connectivity index (χ1v) is 5.76. The van der Waals surface area contributed by atoms with Crippen molar-refractivity contribution < 1.29 is 0 Å². The highest BCUT2D eigenvalue weighted by Crippen LogP contribution is 2.19. The molecule has 0 fully saturated rings. The standard InChI is InChI=1S/C13H19N3/c1-5-10(4)15-13-11(8-14)6-7-12(16-13)9(2)3/h6-7,9-10H,5H2,1-4H3,(H,15,16). The zero-order valence-corrected chi connectivity index (χ0v) is 10.4. The average Bonchev–Trinajstić information content (AvgIpc) is 2.28. The molecule has 0 saturated heterocycles. The number of hydrogen-bond donors (Lipinski definition) is 1. The Balaban J connectivity index is 3.03. The smallest absolute Gasteiger partial charge is 0.144 e. The number of nitriles is 1. The van der Waals surface area contributed by atoms with Gasteiger partial charge < -0.3 is 5.32 Å². The summed E-state index contributed by atoms with van der Waals surface area (Å²) in [7, 11) is 0. The van der Waals surface area contributed by atoms with Crippen molar-refractivity contribution >= 4 is 5.82 Å². The Hall–Kier alpha value is -1.56. The molecule has 1 heterocycles. The summed E-state index contributed by atoms with van der Waals surface area (Å²) in [6.07, 6.45) is 1.01. The van der Waals surface area contributed by atoms with Crippen LogP contribution in [0.25, 0.3) is 0 Å². The van der Waals surface area contributed by atoms with Crippen LogP contribution in [0.15, 0.2) is 12.1 Å². The van der Waals surface area contributed by atoms with Gasteiger partial charge in [0.05, 0.1) is 5.56 Å². The molecule has 1 N–H and O–H groups in total. The van der Waals surface area contributed by atoms with E-state index in [1.54, 1.807) is 0 Å². The van der Waals surface area contributed by atoms with E-state index in [1.165, 1.54) is 0 Å². The summed E-state index contributed by atoms with van der Waals surface area (Å²) in [5, 5.41) is 12.3. The van der Waals surface area contributed by atoms with Crippen LogP contribution in [0.4, 0.5) is 5.82 Å². The van der Waals surface area contributed by atoms with Crippen LogP contribution in [0.3, 0.4) is 0 Å². The SMILES string of the molecule is CCC(C)Nc1nc(C(C)C)ccc1C#N. The Bertz CT molecular complexity index is 391. The predicted octanol–water partition coefficient (Wildman–Crippen LogP) is 3.29. The number of aromatic nitrogens is 1. The van der Waals surface area contributed by atoms with Crippen molar-refractivity contribution in [1.29, 1.82) is 5.26 Å². The van der Waals surface area contributed by atoms with Gasteiger partial charge in [-0.1, -0.05) is 20.8 Å². The highest BCUT2D eigenvalue weighted by Gasteiger charge is 2.09. The summed E-state index contributed by atoms with van der Waals surface area (Å²) in [4.78, 5) is 4.50. The van der Waals surface area contributed by atoms with Gasteiger partial charge in [-0.05, 0) is 31.4 Å². The predicted molar refractivity (Wildman–Crippen MR) is 66.4 cm³/mol. The van der Waals surface area contributed by atoms with Crippen molar-refractivity contribution in [2.24, 2.45) is 0 Å². The molecule has 1 aromatic heterocycles. The van der Waals surface area contributed by atoms with E-state index in [-0.39, 0.29) is 0 Å². The Labute approximate surface area is 97.5 Å². The fourth-order valence-electron chi connectivity index (χ4n) is 1.33. The maximum Gasteiger partial charge on any atom is 0.144 e. The number of nitrogens with zero attached hydrogens (tertiary/aromatic N) is 2. The molecule has 0 aliphatic rings. The quantitative estimate of drug-likeness (QED) is 0.841. The van der Waals surface area contributed by atoms with E-state index >= 15 is 0 Å². The van der Waals surface area contributed by atoms with Crippen LogP contribution in [-0.2, 0) is 0 Å². The van der Waals surface area contributed by atoms with Crippen LogP contribution >= 0.6 is 0 Å². The summed E-state index contributed by atoms with van der Waals surface area (Å²) < 4.78 is 0. The second-order valence-electron chi connectivity index (χ2n) is 4.35. The van der Waals surface area contributed by atoms with Crippen LogP contribution in [0.2, 0.25) is 0 Å². The molecule has 0 amide bonds. The molecule has 86 valence electrons. The third kappa shape index (κ3) is 2.96. The van der Waals surface area contributed by atoms with Gasteiger partial charge >= 0.3 is 0 Å². The van der Waals surface area contributed by atoms with E-state index in [1.807, 2.05) is 12.1 Å². The van der Waals surface area contributed by atoms with E-state index < -0.39 is 0 Å². The molecule has 1 unspecified atom stereocenters. The third-order valence-corrected chi connectivity index (χ3v) is 2.62. The van der Waals surface area contributed by atoms with Crippen LogP contribution in [0, 0.1) is 11.3 Å². The highest BCUT2D eigenvalue weighted by molar-refractivity contribution is 5.52. The molecule has 0 bridgehead atoms. The van der Waals surface area contributed by atoms with Crippen molar-refractivity contribution in [2.45, 2.75) is 46.1 Å². The fraction of sp³-hybridized carbons (Fsp3) is 0.538. The molecule has 1 atom stereocenters. The van der Waals surface area contributed by atoms with Gasteiger partial charge in [-0.3, -0.25) is 0 Å². The molecule has 0 aliphatic carbocycles. The van der Waals surface area contributed by atoms with Crippen molar-refractivity contribution in [2.75, 3.05) is 5.32 Å². The topological polar surface area (TPSA) is 48.7 Å². The first kappa shape index (κ1) is 12.5. The molecule has 1 rings (SSSR count). The van der Waals surface area contributed by atoms with E-state index in [9.17, 15) is 0 Å². The Morgan fingerprint density at radius 1 is 1.38 bits per heavy atom. The van der Waals surface area contributed by atoms with Crippen LogP contribution in [-0.4, -0.2) is 11.0 Å². The Morgan fingerprint density at radius 3 is 2.56 bits per heavy atom. The summed E-state index contributed by atoms with van der Waals surface area (Å²) in [5.41, 5.74) is 1.63. The van der Waals surface area contributed by atoms with Gasteiger partial charge in [0.25, 0.3) is 0 Å². The first-order chi connectivity index (χ1) is 7.58. The Morgan fingerprint density at radius 2 is 2.06 bits per heavy atom. The highest BCUT2D eigenvalue weighted by atomic mass is 15.0. The van der Waals surface area contributed by atoms with Crippen LogP contribution in [0.1, 0.15) is 51.3 Å². The van der Waals surface area contributed by atoms with Crippen molar-refractivity contribution in [3.8, 4) is 6.07 Å². The third-order valence-electron chi connectivity index (χ3n) is 2.62. The van der Waals surface area contributed by atoms with Crippen molar-refractivity contribution in [1.82, 2.24) is 4.98 Å². The molecule has 16 heavy (non-hydrogen) atoms. The molecule has 0 aliphatic heterocycles. The lowest BCUT2D eigenvalue weighted by Crippen LogP contribution is -2.16. The van der Waals surface area contributed by atoms with E-state index in [2.05, 4.69) is 44.1 Å². The summed E-state index contributed by atoms with van der Waals surface area (Å²) >= 11 is 0. The zero-order chi connectivity index (χ0) is 12.1. The van der Waals surface area contributed by atoms with Crippen molar-refractivity contribution in [3.05, 3.63) is 23.4 Å². The molecular weight excluding hydrogens is 198 g/mol. The van der Waals surface area contributed by atoms with Gasteiger partial charge in [0.2, 0.25) is 0 Å². The normalized spacial score (nSPS) is 12.2. The molecule has 0 saturated carbocycles. The van der Waals surface area contributed by atoms with Gasteiger partial charge in [-0.25, -0.2) is 4.98 Å². The van der Waals surface area contributed by atoms with Gasteiger partial charge in [0, 0.05) is 11.7 Å². The maximum absolute atomic E-state index is 9.00. The largest absolute Gasteiger partial charge is 0.367 e. The van der Waals surface area contributed by atoms with Gasteiger partial charge in [-0.2, -0.15) is 5.26 Å². The van der Waals surface area contributed by atoms with Gasteiger partial charge in [0.1, 0.15) is 11.9 Å². The zero-order valence-electron chi connectivity index (χ0n) is 10.4. The molecule has 0 radical (unpaired) electrons. The minimum absolute atomic E-state index is 0.335. The summed E-state index contributed by atoms with van der Waals surface area (Å²) in [6.45, 7) is 8.39. The number of rotatable bonds is 4. The van der Waals surface area contributed by atoms with Gasteiger partial charge in [-0.15, -0.1) is 0 Å². The molecule has 0 spiro atoms. The number of nitrogens with one attached hydrogen (secondary N) is 1. The van der Waals surface area contributed by atoms with E-state index in [0.29, 0.717) is 23.3 Å². The minimum Gasteiger partial charge on any atom is -0.367 e. The molecule has 3 nitrogen and oxygen atoms in total. The first-order valence-electron chi connectivity index (χ1n) is 5.76. The lowest BCUT2D eigenvalue weighted by atomic mass is 10.1. The molecule has 3 heteroatoms. The molecular formula is C13H19N3. The van der Waals surface area contributed by atoms with E-state index in [0.717, 1.165) is 12.1 Å². The maximum atomic E-state index is 9.00. The van der Waals surface area contributed by atoms with Crippen LogP contribution in [0.5, 0.6) is 0 Å². The molecule has 1 aromatic rings. The number of pyridine rings is 1. The van der Waals surface area contributed by atoms with Crippen LogP contribution < -0.4 is 5.32 Å². The lowest BCUT2D eigenvalue weighted by molar-refractivity contribution is 0.752. The number of anilines is 1. The second kappa shape index (κ2) is 5.50. The average molecular weight is 217 g/mol. The summed E-state index contributed by atoms with van der Waals surface area (Å²) in [6, 6.07) is 6.26.